The molecule has 0 spiro atoms. The number of sulfonamides is 1. The molecule has 0 aliphatic heterocycles. The van der Waals surface area contributed by atoms with E-state index in [0.717, 1.165) is 14.9 Å². The van der Waals surface area contributed by atoms with Crippen molar-refractivity contribution in [1.29, 1.82) is 0 Å². The number of carbonyl (C=O) groups is 1. The molecular formula is C20H19BrN4O3S2. The van der Waals surface area contributed by atoms with Crippen LogP contribution in [0, 0.1) is 0 Å². The zero-order valence-corrected chi connectivity index (χ0v) is 18.9. The van der Waals surface area contributed by atoms with Crippen LogP contribution in [0.5, 0.6) is 0 Å². The van der Waals surface area contributed by atoms with Gasteiger partial charge in [0.05, 0.1) is 14.9 Å². The average molecular weight is 507 g/mol. The third kappa shape index (κ3) is 6.49. The van der Waals surface area contributed by atoms with Gasteiger partial charge in [-0.15, -0.1) is 11.3 Å². The minimum absolute atomic E-state index is 0.0384. The number of amides is 1. The highest BCUT2D eigenvalue weighted by Crippen LogP contribution is 2.31. The van der Waals surface area contributed by atoms with E-state index in [1.54, 1.807) is 29.7 Å². The summed E-state index contributed by atoms with van der Waals surface area (Å²) in [6.45, 7) is 0.376. The lowest BCUT2D eigenvalue weighted by Crippen LogP contribution is -2.20. The molecule has 4 N–H and O–H groups in total. The first-order chi connectivity index (χ1) is 14.3. The van der Waals surface area contributed by atoms with E-state index in [0.29, 0.717) is 12.2 Å². The standard InChI is InChI=1S/C20H19BrN4O3S2/c21-19-10-9-18(29-19)15-3-1-14(2-4-15)13-24-25-20(26)11-12-23-16-5-7-17(8-6-16)30(22,27)28/h1-10,13,23H,11-12H2,(H,25,26)(H2,22,27,28)/b24-13+. The number of nitrogens with one attached hydrogen (secondary N) is 2. The van der Waals surface area contributed by atoms with E-state index in [2.05, 4.69) is 37.8 Å². The SMILES string of the molecule is NS(=O)(=O)c1ccc(NCCC(=O)N/N=C/c2ccc(-c3ccc(Br)s3)cc2)cc1. The van der Waals surface area contributed by atoms with E-state index in [4.69, 9.17) is 5.14 Å². The van der Waals surface area contributed by atoms with Crippen molar-refractivity contribution in [1.82, 2.24) is 5.43 Å². The molecule has 1 heterocycles. The Bertz CT molecular complexity index is 1140. The highest BCUT2D eigenvalue weighted by Gasteiger charge is 2.07. The van der Waals surface area contributed by atoms with Crippen molar-refractivity contribution < 1.29 is 13.2 Å². The fourth-order valence-electron chi connectivity index (χ4n) is 2.52. The van der Waals surface area contributed by atoms with Gasteiger partial charge >= 0.3 is 0 Å². The van der Waals surface area contributed by atoms with Gasteiger partial charge in [0.2, 0.25) is 15.9 Å². The van der Waals surface area contributed by atoms with Gasteiger partial charge in [-0.2, -0.15) is 5.10 Å². The number of halogens is 1. The van der Waals surface area contributed by atoms with Gasteiger partial charge in [0, 0.05) is 23.5 Å². The number of thiophene rings is 1. The molecule has 156 valence electrons. The second kappa shape index (κ2) is 9.98. The Hall–Kier alpha value is -2.53. The predicted molar refractivity (Wildman–Crippen MR) is 124 cm³/mol. The van der Waals surface area contributed by atoms with Gasteiger partial charge in [0.1, 0.15) is 0 Å². The minimum Gasteiger partial charge on any atom is -0.385 e. The Kier molecular flexibility index (Phi) is 7.38. The van der Waals surface area contributed by atoms with Crippen LogP contribution in [0.25, 0.3) is 10.4 Å². The van der Waals surface area contributed by atoms with Crippen LogP contribution in [0.1, 0.15) is 12.0 Å². The van der Waals surface area contributed by atoms with Crippen molar-refractivity contribution in [2.45, 2.75) is 11.3 Å². The fourth-order valence-corrected chi connectivity index (χ4v) is 4.43. The highest BCUT2D eigenvalue weighted by molar-refractivity contribution is 9.11. The number of nitrogens with zero attached hydrogens (tertiary/aromatic N) is 1. The quantitative estimate of drug-likeness (QED) is 0.318. The molecule has 0 fully saturated rings. The van der Waals surface area contributed by atoms with Crippen LogP contribution < -0.4 is 15.9 Å². The number of carbonyl (C=O) groups excluding carboxylic acids is 1. The molecule has 0 aliphatic carbocycles. The third-order valence-corrected chi connectivity index (χ3v) is 6.64. The zero-order valence-electron chi connectivity index (χ0n) is 15.7. The van der Waals surface area contributed by atoms with E-state index in [1.807, 2.05) is 30.3 Å². The lowest BCUT2D eigenvalue weighted by Gasteiger charge is -2.06. The molecule has 2 aromatic carbocycles. The number of hydrogen-bond acceptors (Lipinski definition) is 6. The second-order valence-corrected chi connectivity index (χ2v) is 10.3. The van der Waals surface area contributed by atoms with Crippen molar-refractivity contribution in [2.24, 2.45) is 10.2 Å². The molecule has 0 saturated carbocycles. The van der Waals surface area contributed by atoms with E-state index in [1.165, 1.54) is 17.0 Å². The van der Waals surface area contributed by atoms with Crippen molar-refractivity contribution in [3.05, 3.63) is 70.0 Å². The Morgan fingerprint density at radius 2 is 1.77 bits per heavy atom. The number of hydrogen-bond donors (Lipinski definition) is 3. The second-order valence-electron chi connectivity index (χ2n) is 6.27. The Balaban J connectivity index is 1.42. The smallest absolute Gasteiger partial charge is 0.241 e. The van der Waals surface area contributed by atoms with Crippen molar-refractivity contribution in [3.63, 3.8) is 0 Å². The number of rotatable bonds is 8. The summed E-state index contributed by atoms with van der Waals surface area (Å²) in [5.41, 5.74) is 5.18. The van der Waals surface area contributed by atoms with Gasteiger partial charge in [-0.3, -0.25) is 4.79 Å². The normalized spacial score (nSPS) is 11.5. The van der Waals surface area contributed by atoms with Crippen LogP contribution in [-0.4, -0.2) is 27.1 Å². The third-order valence-electron chi connectivity index (χ3n) is 4.04. The van der Waals surface area contributed by atoms with Gasteiger partial charge in [0.15, 0.2) is 0 Å². The molecule has 0 aliphatic rings. The van der Waals surface area contributed by atoms with Crippen LogP contribution >= 0.6 is 27.3 Å². The van der Waals surface area contributed by atoms with Crippen LogP contribution in [0.4, 0.5) is 5.69 Å². The summed E-state index contributed by atoms with van der Waals surface area (Å²) in [4.78, 5) is 13.1. The molecule has 0 radical (unpaired) electrons. The van der Waals surface area contributed by atoms with E-state index < -0.39 is 10.0 Å². The number of benzene rings is 2. The monoisotopic (exact) mass is 506 g/mol. The maximum atomic E-state index is 11.9. The molecule has 3 rings (SSSR count). The molecule has 0 atom stereocenters. The molecule has 1 aromatic heterocycles. The van der Waals surface area contributed by atoms with Gasteiger partial charge in [0.25, 0.3) is 0 Å². The summed E-state index contributed by atoms with van der Waals surface area (Å²) in [7, 11) is -3.71. The Morgan fingerprint density at radius 3 is 2.37 bits per heavy atom. The zero-order chi connectivity index (χ0) is 21.6. The summed E-state index contributed by atoms with van der Waals surface area (Å²) in [5, 5.41) is 12.1. The molecule has 1 amide bonds. The summed E-state index contributed by atoms with van der Waals surface area (Å²) >= 11 is 5.12. The maximum Gasteiger partial charge on any atom is 0.241 e. The Morgan fingerprint density at radius 1 is 1.07 bits per heavy atom. The first-order valence-corrected chi connectivity index (χ1v) is 12.0. The molecule has 0 bridgehead atoms. The van der Waals surface area contributed by atoms with Crippen molar-refractivity contribution >= 4 is 55.1 Å². The molecule has 3 aromatic rings. The maximum absolute atomic E-state index is 11.9. The van der Waals surface area contributed by atoms with Crippen LogP contribution in [0.3, 0.4) is 0 Å². The molecular weight excluding hydrogens is 488 g/mol. The topological polar surface area (TPSA) is 114 Å². The molecule has 0 unspecified atom stereocenters. The molecule has 0 saturated heterocycles. The summed E-state index contributed by atoms with van der Waals surface area (Å²) in [6.07, 6.45) is 1.80. The molecule has 10 heteroatoms. The van der Waals surface area contributed by atoms with E-state index in [-0.39, 0.29) is 17.2 Å². The Labute approximate surface area is 187 Å². The summed E-state index contributed by atoms with van der Waals surface area (Å²) in [6, 6.07) is 18.0. The van der Waals surface area contributed by atoms with Crippen molar-refractivity contribution in [2.75, 3.05) is 11.9 Å². The van der Waals surface area contributed by atoms with Crippen LogP contribution in [0.15, 0.2) is 74.4 Å². The largest absolute Gasteiger partial charge is 0.385 e. The van der Waals surface area contributed by atoms with Gasteiger partial charge < -0.3 is 5.32 Å². The lowest BCUT2D eigenvalue weighted by atomic mass is 10.1. The minimum atomic E-state index is -3.71. The summed E-state index contributed by atoms with van der Waals surface area (Å²) in [5.74, 6) is -0.236. The van der Waals surface area contributed by atoms with E-state index >= 15 is 0 Å². The molecule has 30 heavy (non-hydrogen) atoms. The van der Waals surface area contributed by atoms with Crippen LogP contribution in [-0.2, 0) is 14.8 Å². The van der Waals surface area contributed by atoms with Gasteiger partial charge in [-0.25, -0.2) is 19.0 Å². The fraction of sp³-hybridized carbons (Fsp3) is 0.100. The van der Waals surface area contributed by atoms with E-state index in [9.17, 15) is 13.2 Å². The number of hydrazone groups is 1. The summed E-state index contributed by atoms with van der Waals surface area (Å²) < 4.78 is 23.5. The predicted octanol–water partition coefficient (Wildman–Crippen LogP) is 3.78. The molecule has 7 nitrogen and oxygen atoms in total. The van der Waals surface area contributed by atoms with Gasteiger partial charge in [-0.05, 0) is 63.5 Å². The number of nitrogens with two attached hydrogens (primary N) is 1. The first-order valence-electron chi connectivity index (χ1n) is 8.86. The number of primary sulfonamides is 1. The highest BCUT2D eigenvalue weighted by atomic mass is 79.9. The lowest BCUT2D eigenvalue weighted by molar-refractivity contribution is -0.120. The van der Waals surface area contributed by atoms with Gasteiger partial charge in [-0.1, -0.05) is 24.3 Å². The average Bonchev–Trinajstić information content (AvgIpc) is 3.14. The number of anilines is 1. The van der Waals surface area contributed by atoms with Crippen molar-refractivity contribution in [3.8, 4) is 10.4 Å². The van der Waals surface area contributed by atoms with Crippen LogP contribution in [0.2, 0.25) is 0 Å². The first kappa shape index (κ1) is 22.2.